The van der Waals surface area contributed by atoms with Gasteiger partial charge in [-0.2, -0.15) is 0 Å². The number of nitrogens with one attached hydrogen (secondary N) is 1. The Balaban J connectivity index is 1.35. The van der Waals surface area contributed by atoms with Gasteiger partial charge in [-0.05, 0) is 60.2 Å². The van der Waals surface area contributed by atoms with Gasteiger partial charge in [0.25, 0.3) is 5.56 Å². The van der Waals surface area contributed by atoms with Crippen LogP contribution in [-0.4, -0.2) is 40.7 Å². The minimum Gasteiger partial charge on any atom is -0.486 e. The molecule has 0 spiro atoms. The van der Waals surface area contributed by atoms with Crippen LogP contribution in [0.4, 0.5) is 0 Å². The molecule has 176 valence electrons. The lowest BCUT2D eigenvalue weighted by Crippen LogP contribution is -2.40. The third-order valence-corrected chi connectivity index (χ3v) is 6.56. The third kappa shape index (κ3) is 5.25. The predicted octanol–water partition coefficient (Wildman–Crippen LogP) is 4.71. The number of morpholine rings is 1. The number of halogens is 1. The number of aromatic amines is 1. The molecule has 1 atom stereocenters. The monoisotopic (exact) mass is 477 g/mol. The van der Waals surface area contributed by atoms with Gasteiger partial charge < -0.3 is 14.5 Å². The second kappa shape index (κ2) is 10.1. The zero-order chi connectivity index (χ0) is 23.5. The maximum Gasteiger partial charge on any atom is 0.259 e. The van der Waals surface area contributed by atoms with Crippen LogP contribution in [0.2, 0.25) is 5.02 Å². The number of fused-ring (bicyclic) bond motifs is 1. The van der Waals surface area contributed by atoms with Gasteiger partial charge in [0.1, 0.15) is 12.4 Å². The lowest BCUT2D eigenvalue weighted by atomic mass is 9.88. The van der Waals surface area contributed by atoms with E-state index >= 15 is 0 Å². The summed E-state index contributed by atoms with van der Waals surface area (Å²) in [6, 6.07) is 12.1. The van der Waals surface area contributed by atoms with Gasteiger partial charge in [-0.15, -0.1) is 0 Å². The van der Waals surface area contributed by atoms with Crippen molar-refractivity contribution in [2.45, 2.75) is 39.0 Å². The van der Waals surface area contributed by atoms with Gasteiger partial charge in [-0.25, -0.2) is 0 Å². The number of allylic oxidation sites excluding steroid dienone is 1. The second-order valence-electron chi connectivity index (χ2n) is 8.92. The molecule has 0 radical (unpaired) electrons. The Bertz CT molecular complexity index is 1250. The molecule has 1 aliphatic heterocycles. The van der Waals surface area contributed by atoms with E-state index in [1.54, 1.807) is 24.5 Å². The van der Waals surface area contributed by atoms with Gasteiger partial charge in [-0.1, -0.05) is 35.9 Å². The van der Waals surface area contributed by atoms with Crippen LogP contribution in [-0.2, 0) is 24.3 Å². The number of ether oxygens (including phenoxy) is 2. The first-order chi connectivity index (χ1) is 16.5. The predicted molar refractivity (Wildman–Crippen MR) is 134 cm³/mol. The standard InChI is InChI=1S/C27H28ClN3O3/c1-18-15-31(10-11-33-18)16-19-2-3-21-13-22(5-4-20(21)12-19)26-25(8-9-29-27(26)32)34-17-24-7-6-23(28)14-30-24/h2-3,6-9,12-14,18H,4-5,10-11,15-17H2,1H3,(H,29,32)/t18-/m0/s1. The first-order valence-electron chi connectivity index (χ1n) is 11.7. The first-order valence-corrected chi connectivity index (χ1v) is 12.0. The van der Waals surface area contributed by atoms with E-state index in [-0.39, 0.29) is 18.3 Å². The third-order valence-electron chi connectivity index (χ3n) is 6.34. The summed E-state index contributed by atoms with van der Waals surface area (Å²) >= 11 is 5.92. The van der Waals surface area contributed by atoms with Gasteiger partial charge in [0.2, 0.25) is 0 Å². The number of rotatable bonds is 6. The number of benzene rings is 1. The molecule has 7 heteroatoms. The van der Waals surface area contributed by atoms with Crippen molar-refractivity contribution in [2.24, 2.45) is 0 Å². The van der Waals surface area contributed by atoms with Crippen molar-refractivity contribution in [3.8, 4) is 5.75 Å². The maximum absolute atomic E-state index is 12.8. The van der Waals surface area contributed by atoms with Gasteiger partial charge in [0.15, 0.2) is 0 Å². The number of nitrogens with zero attached hydrogens (tertiary/aromatic N) is 2. The van der Waals surface area contributed by atoms with Crippen LogP contribution in [0.1, 0.15) is 41.3 Å². The van der Waals surface area contributed by atoms with Crippen LogP contribution in [0.5, 0.6) is 5.75 Å². The van der Waals surface area contributed by atoms with Crippen LogP contribution in [0.15, 0.2) is 53.6 Å². The largest absolute Gasteiger partial charge is 0.486 e. The zero-order valence-corrected chi connectivity index (χ0v) is 20.0. The van der Waals surface area contributed by atoms with Crippen molar-refractivity contribution in [1.82, 2.24) is 14.9 Å². The van der Waals surface area contributed by atoms with E-state index in [1.807, 2.05) is 6.07 Å². The molecular formula is C27H28ClN3O3. The average Bonchev–Trinajstić information content (AvgIpc) is 2.83. The second-order valence-corrected chi connectivity index (χ2v) is 9.36. The highest BCUT2D eigenvalue weighted by atomic mass is 35.5. The van der Waals surface area contributed by atoms with Crippen molar-refractivity contribution >= 4 is 23.3 Å². The van der Waals surface area contributed by atoms with E-state index < -0.39 is 0 Å². The molecule has 1 saturated heterocycles. The van der Waals surface area contributed by atoms with Crippen molar-refractivity contribution in [3.05, 3.63) is 92.1 Å². The molecule has 0 unspecified atom stereocenters. The molecule has 0 amide bonds. The Kier molecular flexibility index (Phi) is 6.81. The molecule has 0 saturated carbocycles. The number of hydrogen-bond acceptors (Lipinski definition) is 5. The van der Waals surface area contributed by atoms with E-state index in [0.29, 0.717) is 16.3 Å². The Morgan fingerprint density at radius 1 is 1.24 bits per heavy atom. The summed E-state index contributed by atoms with van der Waals surface area (Å²) in [4.78, 5) is 22.3. The Hall–Kier alpha value is -2.93. The van der Waals surface area contributed by atoms with Gasteiger partial charge in [0.05, 0.1) is 29.0 Å². The number of aromatic nitrogens is 2. The zero-order valence-electron chi connectivity index (χ0n) is 19.2. The average molecular weight is 478 g/mol. The first kappa shape index (κ1) is 22.8. The molecule has 3 aromatic rings. The normalized spacial score (nSPS) is 18.3. The van der Waals surface area contributed by atoms with Crippen molar-refractivity contribution in [2.75, 3.05) is 19.7 Å². The molecule has 5 rings (SSSR count). The quantitative estimate of drug-likeness (QED) is 0.557. The smallest absolute Gasteiger partial charge is 0.259 e. The highest BCUT2D eigenvalue weighted by molar-refractivity contribution is 6.30. The Morgan fingerprint density at radius 3 is 2.97 bits per heavy atom. The number of pyridine rings is 2. The van der Waals surface area contributed by atoms with E-state index in [2.05, 4.69) is 46.1 Å². The molecule has 0 bridgehead atoms. The summed E-state index contributed by atoms with van der Waals surface area (Å²) < 4.78 is 11.7. The molecule has 3 heterocycles. The van der Waals surface area contributed by atoms with Crippen LogP contribution in [0, 0.1) is 0 Å². The summed E-state index contributed by atoms with van der Waals surface area (Å²) in [7, 11) is 0. The van der Waals surface area contributed by atoms with E-state index in [1.165, 1.54) is 11.1 Å². The minimum atomic E-state index is -0.144. The number of hydrogen-bond donors (Lipinski definition) is 1. The SMILES string of the molecule is C[C@H]1CN(Cc2ccc3c(c2)CCC(c2c(OCc4ccc(Cl)cn4)cc[nH]c2=O)=C3)CCO1. The lowest BCUT2D eigenvalue weighted by Gasteiger charge is -2.31. The maximum atomic E-state index is 12.8. The van der Waals surface area contributed by atoms with E-state index in [9.17, 15) is 4.79 Å². The van der Waals surface area contributed by atoms with Gasteiger partial charge >= 0.3 is 0 Å². The fourth-order valence-electron chi connectivity index (χ4n) is 4.66. The fraction of sp³-hybridized carbons (Fsp3) is 0.333. The highest BCUT2D eigenvalue weighted by Crippen LogP contribution is 2.33. The summed E-state index contributed by atoms with van der Waals surface area (Å²) in [5.74, 6) is 0.563. The van der Waals surface area contributed by atoms with E-state index in [4.69, 9.17) is 21.1 Å². The van der Waals surface area contributed by atoms with Crippen LogP contribution >= 0.6 is 11.6 Å². The molecule has 1 aromatic carbocycles. The van der Waals surface area contributed by atoms with Crippen molar-refractivity contribution in [1.29, 1.82) is 0 Å². The Morgan fingerprint density at radius 2 is 2.15 bits per heavy atom. The molecule has 6 nitrogen and oxygen atoms in total. The fourth-order valence-corrected chi connectivity index (χ4v) is 4.77. The highest BCUT2D eigenvalue weighted by Gasteiger charge is 2.20. The topological polar surface area (TPSA) is 67.5 Å². The van der Waals surface area contributed by atoms with Gasteiger partial charge in [0, 0.05) is 32.0 Å². The lowest BCUT2D eigenvalue weighted by molar-refractivity contribution is -0.0212. The summed E-state index contributed by atoms with van der Waals surface area (Å²) in [6.07, 6.45) is 7.29. The molecule has 1 fully saturated rings. The van der Waals surface area contributed by atoms with Crippen LogP contribution in [0.3, 0.4) is 0 Å². The van der Waals surface area contributed by atoms with E-state index in [0.717, 1.165) is 55.9 Å². The van der Waals surface area contributed by atoms with Crippen molar-refractivity contribution < 1.29 is 9.47 Å². The number of aryl methyl sites for hydroxylation is 1. The molecule has 2 aromatic heterocycles. The van der Waals surface area contributed by atoms with Crippen molar-refractivity contribution in [3.63, 3.8) is 0 Å². The molecular weight excluding hydrogens is 450 g/mol. The molecule has 2 aliphatic rings. The molecule has 1 aliphatic carbocycles. The van der Waals surface area contributed by atoms with Crippen LogP contribution < -0.4 is 10.3 Å². The summed E-state index contributed by atoms with van der Waals surface area (Å²) in [5.41, 5.74) is 5.99. The molecule has 34 heavy (non-hydrogen) atoms. The summed E-state index contributed by atoms with van der Waals surface area (Å²) in [6.45, 7) is 6.05. The minimum absolute atomic E-state index is 0.144. The number of H-pyrrole nitrogens is 1. The molecule has 1 N–H and O–H groups in total. The van der Waals surface area contributed by atoms with Gasteiger partial charge in [-0.3, -0.25) is 14.7 Å². The Labute approximate surface area is 204 Å². The van der Waals surface area contributed by atoms with Crippen LogP contribution in [0.25, 0.3) is 11.6 Å². The summed E-state index contributed by atoms with van der Waals surface area (Å²) in [5, 5.41) is 0.578.